The Morgan fingerprint density at radius 2 is 1.74 bits per heavy atom. The molecule has 0 aliphatic rings. The summed E-state index contributed by atoms with van der Waals surface area (Å²) < 4.78 is 5.03. The molecule has 0 bridgehead atoms. The fraction of sp³-hybridized carbons (Fsp3) is 0.625. The average molecular weight is 265 g/mol. The molecule has 0 amide bonds. The third kappa shape index (κ3) is 5.72. The highest BCUT2D eigenvalue weighted by Gasteiger charge is 2.11. The van der Waals surface area contributed by atoms with Crippen molar-refractivity contribution >= 4 is 0 Å². The number of hydrogen-bond acceptors (Lipinski definition) is 3. The van der Waals surface area contributed by atoms with Crippen LogP contribution < -0.4 is 0 Å². The van der Waals surface area contributed by atoms with Crippen molar-refractivity contribution in [2.75, 3.05) is 33.9 Å². The Morgan fingerprint density at radius 3 is 2.26 bits per heavy atom. The van der Waals surface area contributed by atoms with Crippen LogP contribution in [0.5, 0.6) is 0 Å². The lowest BCUT2D eigenvalue weighted by Crippen LogP contribution is -2.26. The first-order valence-electron chi connectivity index (χ1n) is 7.00. The lowest BCUT2D eigenvalue weighted by Gasteiger charge is -2.21. The van der Waals surface area contributed by atoms with Crippen molar-refractivity contribution < 1.29 is 9.84 Å². The standard InChI is InChI=1S/C16H27NO2/c1-13(2)14-6-8-15(9-7-14)16(18)12-17(3)10-5-11-19-4/h6-9,13,16,18H,5,10-12H2,1-4H3. The van der Waals surface area contributed by atoms with E-state index >= 15 is 0 Å². The van der Waals surface area contributed by atoms with Gasteiger partial charge in [-0.1, -0.05) is 38.1 Å². The molecule has 1 rings (SSSR count). The van der Waals surface area contributed by atoms with Gasteiger partial charge in [-0.3, -0.25) is 0 Å². The Kier molecular flexibility index (Phi) is 7.06. The molecule has 3 nitrogen and oxygen atoms in total. The van der Waals surface area contributed by atoms with Crippen LogP contribution in [0.25, 0.3) is 0 Å². The first kappa shape index (κ1) is 16.2. The van der Waals surface area contributed by atoms with Crippen LogP contribution in [0.2, 0.25) is 0 Å². The molecule has 1 unspecified atom stereocenters. The smallest absolute Gasteiger partial charge is 0.0916 e. The predicted molar refractivity (Wildman–Crippen MR) is 79.5 cm³/mol. The van der Waals surface area contributed by atoms with Crippen molar-refractivity contribution in [3.63, 3.8) is 0 Å². The van der Waals surface area contributed by atoms with E-state index in [0.717, 1.165) is 25.1 Å². The second-order valence-electron chi connectivity index (χ2n) is 5.45. The van der Waals surface area contributed by atoms with E-state index in [0.29, 0.717) is 12.5 Å². The molecule has 0 saturated heterocycles. The van der Waals surface area contributed by atoms with E-state index in [9.17, 15) is 5.11 Å². The maximum atomic E-state index is 10.2. The minimum absolute atomic E-state index is 0.422. The zero-order chi connectivity index (χ0) is 14.3. The van der Waals surface area contributed by atoms with Gasteiger partial charge >= 0.3 is 0 Å². The van der Waals surface area contributed by atoms with Gasteiger partial charge in [-0.15, -0.1) is 0 Å². The summed E-state index contributed by atoms with van der Waals surface area (Å²) in [6.45, 7) is 6.72. The number of nitrogens with zero attached hydrogens (tertiary/aromatic N) is 1. The average Bonchev–Trinajstić information content (AvgIpc) is 2.39. The molecule has 0 saturated carbocycles. The number of methoxy groups -OCH3 is 1. The summed E-state index contributed by atoms with van der Waals surface area (Å²) in [5, 5.41) is 10.2. The summed E-state index contributed by atoms with van der Waals surface area (Å²) in [5.41, 5.74) is 2.30. The number of likely N-dealkylation sites (N-methyl/N-ethyl adjacent to an activating group) is 1. The largest absolute Gasteiger partial charge is 0.387 e. The SMILES string of the molecule is COCCCN(C)CC(O)c1ccc(C(C)C)cc1. The molecule has 0 aromatic heterocycles. The summed E-state index contributed by atoms with van der Waals surface area (Å²) in [6, 6.07) is 8.27. The molecule has 19 heavy (non-hydrogen) atoms. The van der Waals surface area contributed by atoms with E-state index < -0.39 is 6.10 Å². The van der Waals surface area contributed by atoms with Gasteiger partial charge in [0.1, 0.15) is 0 Å². The van der Waals surface area contributed by atoms with Gasteiger partial charge in [0.25, 0.3) is 0 Å². The fourth-order valence-corrected chi connectivity index (χ4v) is 2.07. The lowest BCUT2D eigenvalue weighted by atomic mass is 10.00. The van der Waals surface area contributed by atoms with Gasteiger partial charge in [0, 0.05) is 26.8 Å². The molecule has 0 aliphatic heterocycles. The third-order valence-corrected chi connectivity index (χ3v) is 3.36. The molecule has 1 N–H and O–H groups in total. The van der Waals surface area contributed by atoms with E-state index in [2.05, 4.69) is 30.9 Å². The zero-order valence-electron chi connectivity index (χ0n) is 12.6. The number of benzene rings is 1. The number of hydrogen-bond donors (Lipinski definition) is 1. The zero-order valence-corrected chi connectivity index (χ0v) is 12.6. The fourth-order valence-electron chi connectivity index (χ4n) is 2.07. The van der Waals surface area contributed by atoms with E-state index in [1.54, 1.807) is 7.11 Å². The first-order valence-corrected chi connectivity index (χ1v) is 7.00. The lowest BCUT2D eigenvalue weighted by molar-refractivity contribution is 0.117. The third-order valence-electron chi connectivity index (χ3n) is 3.36. The normalized spacial score (nSPS) is 13.2. The van der Waals surface area contributed by atoms with Crippen molar-refractivity contribution in [3.8, 4) is 0 Å². The van der Waals surface area contributed by atoms with E-state index in [-0.39, 0.29) is 0 Å². The van der Waals surface area contributed by atoms with Crippen LogP contribution in [-0.2, 0) is 4.74 Å². The highest BCUT2D eigenvalue weighted by atomic mass is 16.5. The molecule has 0 fully saturated rings. The number of ether oxygens (including phenoxy) is 1. The summed E-state index contributed by atoms with van der Waals surface area (Å²) in [4.78, 5) is 2.14. The Balaban J connectivity index is 2.46. The maximum absolute atomic E-state index is 10.2. The van der Waals surface area contributed by atoms with Crippen LogP contribution in [0.15, 0.2) is 24.3 Å². The van der Waals surface area contributed by atoms with Crippen molar-refractivity contribution in [3.05, 3.63) is 35.4 Å². The summed E-state index contributed by atoms with van der Waals surface area (Å²) in [5.74, 6) is 0.530. The highest BCUT2D eigenvalue weighted by molar-refractivity contribution is 5.26. The molecule has 0 radical (unpaired) electrons. The second kappa shape index (κ2) is 8.31. The maximum Gasteiger partial charge on any atom is 0.0916 e. The van der Waals surface area contributed by atoms with Crippen LogP contribution in [0.4, 0.5) is 0 Å². The van der Waals surface area contributed by atoms with Gasteiger partial charge in [0.15, 0.2) is 0 Å². The highest BCUT2D eigenvalue weighted by Crippen LogP contribution is 2.19. The summed E-state index contributed by atoms with van der Waals surface area (Å²) >= 11 is 0. The molecular weight excluding hydrogens is 238 g/mol. The van der Waals surface area contributed by atoms with Crippen LogP contribution in [0.3, 0.4) is 0 Å². The molecule has 3 heteroatoms. The molecule has 108 valence electrons. The minimum Gasteiger partial charge on any atom is -0.387 e. The molecule has 0 spiro atoms. The monoisotopic (exact) mass is 265 g/mol. The number of aliphatic hydroxyl groups excluding tert-OH is 1. The van der Waals surface area contributed by atoms with Crippen molar-refractivity contribution in [2.45, 2.75) is 32.3 Å². The quantitative estimate of drug-likeness (QED) is 0.734. The van der Waals surface area contributed by atoms with Crippen molar-refractivity contribution in [2.24, 2.45) is 0 Å². The Hall–Kier alpha value is -0.900. The first-order chi connectivity index (χ1) is 9.04. The van der Waals surface area contributed by atoms with Gasteiger partial charge in [0.05, 0.1) is 6.10 Å². The molecule has 0 aliphatic carbocycles. The number of aliphatic hydroxyl groups is 1. The topological polar surface area (TPSA) is 32.7 Å². The van der Waals surface area contributed by atoms with Gasteiger partial charge in [-0.25, -0.2) is 0 Å². The molecule has 1 aromatic rings. The molecule has 1 aromatic carbocycles. The van der Waals surface area contributed by atoms with Gasteiger partial charge in [-0.05, 0) is 30.5 Å². The van der Waals surface area contributed by atoms with Gasteiger partial charge < -0.3 is 14.7 Å². The Labute approximate surface area is 117 Å². The van der Waals surface area contributed by atoms with Crippen LogP contribution in [-0.4, -0.2) is 43.9 Å². The predicted octanol–water partition coefficient (Wildman–Crippen LogP) is 2.81. The van der Waals surface area contributed by atoms with Gasteiger partial charge in [-0.2, -0.15) is 0 Å². The van der Waals surface area contributed by atoms with Crippen LogP contribution in [0.1, 0.15) is 43.4 Å². The summed E-state index contributed by atoms with van der Waals surface area (Å²) in [6.07, 6.45) is 0.570. The molecule has 1 atom stereocenters. The van der Waals surface area contributed by atoms with Crippen LogP contribution in [0, 0.1) is 0 Å². The van der Waals surface area contributed by atoms with Gasteiger partial charge in [0.2, 0.25) is 0 Å². The van der Waals surface area contributed by atoms with E-state index in [1.165, 1.54) is 5.56 Å². The van der Waals surface area contributed by atoms with Crippen molar-refractivity contribution in [1.82, 2.24) is 4.90 Å². The second-order valence-corrected chi connectivity index (χ2v) is 5.45. The minimum atomic E-state index is -0.422. The van der Waals surface area contributed by atoms with E-state index in [4.69, 9.17) is 4.74 Å². The Morgan fingerprint density at radius 1 is 1.16 bits per heavy atom. The Bertz CT molecular complexity index is 348. The van der Waals surface area contributed by atoms with E-state index in [1.807, 2.05) is 19.2 Å². The van der Waals surface area contributed by atoms with Crippen molar-refractivity contribution in [1.29, 1.82) is 0 Å². The molecular formula is C16H27NO2. The summed E-state index contributed by atoms with van der Waals surface area (Å²) in [7, 11) is 3.74. The van der Waals surface area contributed by atoms with Crippen LogP contribution >= 0.6 is 0 Å². The number of rotatable bonds is 8. The molecule has 0 heterocycles.